The third-order valence-electron chi connectivity index (χ3n) is 1.35. The Morgan fingerprint density at radius 3 is 2.60 bits per heavy atom. The van der Waals surface area contributed by atoms with Gasteiger partial charge in [-0.1, -0.05) is 56.2 Å². The van der Waals surface area contributed by atoms with E-state index in [1.165, 1.54) is 0 Å². The Kier molecular flexibility index (Phi) is 2.68. The molecule has 0 saturated heterocycles. The first-order valence-corrected chi connectivity index (χ1v) is 4.57. The second kappa shape index (κ2) is 3.17. The average Bonchev–Trinajstić information content (AvgIpc) is 1.96. The number of hydrogen-bond acceptors (Lipinski definition) is 2. The van der Waals surface area contributed by atoms with Crippen LogP contribution < -0.4 is 11.3 Å². The second-order valence-electron chi connectivity index (χ2n) is 2.06. The molecule has 2 unspecified atom stereocenters. The molecule has 2 atom stereocenters. The Labute approximate surface area is 76.8 Å². The van der Waals surface area contributed by atoms with Gasteiger partial charge in [0.2, 0.25) is 0 Å². The van der Waals surface area contributed by atoms with E-state index in [4.69, 9.17) is 5.84 Å². The van der Waals surface area contributed by atoms with Crippen LogP contribution in [0.2, 0.25) is 0 Å². The smallest absolute Gasteiger partial charge is 0.121 e. The summed E-state index contributed by atoms with van der Waals surface area (Å²) >= 11 is 6.88. The van der Waals surface area contributed by atoms with Gasteiger partial charge >= 0.3 is 0 Å². The van der Waals surface area contributed by atoms with E-state index in [-0.39, 0.29) is 9.28 Å². The highest BCUT2D eigenvalue weighted by Gasteiger charge is 2.29. The monoisotopic (exact) mass is 266 g/mol. The van der Waals surface area contributed by atoms with Crippen LogP contribution in [0.1, 0.15) is 0 Å². The first kappa shape index (κ1) is 8.46. The molecule has 0 spiro atoms. The topological polar surface area (TPSA) is 38.0 Å². The molecule has 1 aliphatic rings. The molecule has 0 saturated carbocycles. The van der Waals surface area contributed by atoms with E-state index < -0.39 is 0 Å². The largest absolute Gasteiger partial charge is 0.270 e. The zero-order valence-corrected chi connectivity index (χ0v) is 8.39. The fraction of sp³-hybridized carbons (Fsp3) is 0.333. The number of rotatable bonds is 1. The molecule has 0 radical (unpaired) electrons. The van der Waals surface area contributed by atoms with Gasteiger partial charge in [-0.05, 0) is 0 Å². The maximum atomic E-state index is 5.32. The molecule has 0 heterocycles. The summed E-state index contributed by atoms with van der Waals surface area (Å²) in [5.41, 5.74) is 2.66. The summed E-state index contributed by atoms with van der Waals surface area (Å²) in [6.45, 7) is 0. The number of alkyl halides is 2. The lowest BCUT2D eigenvalue weighted by atomic mass is 10.1. The van der Waals surface area contributed by atoms with E-state index in [1.807, 2.05) is 24.3 Å². The van der Waals surface area contributed by atoms with Gasteiger partial charge in [0.05, 0.1) is 4.83 Å². The molecular weight excluding hydrogens is 260 g/mol. The molecule has 0 aromatic heterocycles. The predicted octanol–water partition coefficient (Wildman–Crippen LogP) is 1.43. The minimum absolute atomic E-state index is 0.190. The molecule has 56 valence electrons. The van der Waals surface area contributed by atoms with Crippen molar-refractivity contribution < 1.29 is 0 Å². The van der Waals surface area contributed by atoms with Crippen LogP contribution in [-0.2, 0) is 0 Å². The average molecular weight is 268 g/mol. The zero-order chi connectivity index (χ0) is 7.61. The van der Waals surface area contributed by atoms with Crippen LogP contribution in [0.5, 0.6) is 0 Å². The lowest BCUT2D eigenvalue weighted by molar-refractivity contribution is 0.599. The number of allylic oxidation sites excluding steroid dienone is 2. The number of hydrogen-bond donors (Lipinski definition) is 2. The van der Waals surface area contributed by atoms with Crippen molar-refractivity contribution in [3.8, 4) is 0 Å². The Hall–Kier alpha value is 0.360. The van der Waals surface area contributed by atoms with Gasteiger partial charge < -0.3 is 0 Å². The fourth-order valence-electron chi connectivity index (χ4n) is 0.717. The molecule has 0 amide bonds. The summed E-state index contributed by atoms with van der Waals surface area (Å²) in [6.07, 6.45) is 7.86. The van der Waals surface area contributed by atoms with Crippen LogP contribution in [0.15, 0.2) is 24.3 Å². The van der Waals surface area contributed by atoms with Gasteiger partial charge in [0, 0.05) is 0 Å². The van der Waals surface area contributed by atoms with Gasteiger partial charge in [0.25, 0.3) is 0 Å². The van der Waals surface area contributed by atoms with Gasteiger partial charge in [-0.3, -0.25) is 5.84 Å². The third-order valence-corrected chi connectivity index (χ3v) is 3.98. The standard InChI is InChI=1S/C6H8Br2N2/c7-5-3-1-2-4-6(5,8)10-9/h1-5,10H,9H2. The van der Waals surface area contributed by atoms with Crippen molar-refractivity contribution >= 4 is 31.9 Å². The molecule has 2 nitrogen and oxygen atoms in total. The molecule has 0 fully saturated rings. The first-order chi connectivity index (χ1) is 4.69. The van der Waals surface area contributed by atoms with Gasteiger partial charge in [-0.25, -0.2) is 5.43 Å². The van der Waals surface area contributed by atoms with Crippen LogP contribution in [-0.4, -0.2) is 9.28 Å². The maximum absolute atomic E-state index is 5.32. The van der Waals surface area contributed by atoms with Gasteiger partial charge in [-0.2, -0.15) is 0 Å². The Morgan fingerprint density at radius 1 is 1.50 bits per heavy atom. The van der Waals surface area contributed by atoms with Gasteiger partial charge in [-0.15, -0.1) is 0 Å². The lowest BCUT2D eigenvalue weighted by Crippen LogP contribution is -2.49. The number of nitrogens with one attached hydrogen (secondary N) is 1. The van der Waals surface area contributed by atoms with E-state index in [0.29, 0.717) is 0 Å². The van der Waals surface area contributed by atoms with Crippen molar-refractivity contribution in [1.82, 2.24) is 5.43 Å². The highest BCUT2D eigenvalue weighted by molar-refractivity contribution is 9.12. The highest BCUT2D eigenvalue weighted by atomic mass is 79.9. The van der Waals surface area contributed by atoms with Gasteiger partial charge in [0.1, 0.15) is 4.45 Å². The Morgan fingerprint density at radius 2 is 2.20 bits per heavy atom. The molecular formula is C6H8Br2N2. The Bertz CT molecular complexity index is 179. The number of hydrazine groups is 1. The Balaban J connectivity index is 2.77. The normalized spacial score (nSPS) is 38.5. The summed E-state index contributed by atoms with van der Waals surface area (Å²) in [7, 11) is 0. The van der Waals surface area contributed by atoms with Crippen molar-refractivity contribution in [3.63, 3.8) is 0 Å². The van der Waals surface area contributed by atoms with Crippen molar-refractivity contribution in [1.29, 1.82) is 0 Å². The summed E-state index contributed by atoms with van der Waals surface area (Å²) in [6, 6.07) is 0. The summed E-state index contributed by atoms with van der Waals surface area (Å²) in [5, 5.41) is 0. The van der Waals surface area contributed by atoms with Crippen LogP contribution in [0.3, 0.4) is 0 Å². The molecule has 0 aromatic carbocycles. The van der Waals surface area contributed by atoms with E-state index in [1.54, 1.807) is 0 Å². The molecule has 1 aliphatic carbocycles. The first-order valence-electron chi connectivity index (χ1n) is 2.86. The highest BCUT2D eigenvalue weighted by Crippen LogP contribution is 2.29. The van der Waals surface area contributed by atoms with Crippen molar-refractivity contribution in [2.24, 2.45) is 5.84 Å². The molecule has 0 aliphatic heterocycles. The quantitative estimate of drug-likeness (QED) is 0.327. The zero-order valence-electron chi connectivity index (χ0n) is 5.22. The summed E-state index contributed by atoms with van der Waals surface area (Å²) in [5.74, 6) is 5.32. The third kappa shape index (κ3) is 1.50. The SMILES string of the molecule is NNC1(Br)C=CC=CC1Br. The van der Waals surface area contributed by atoms with E-state index in [2.05, 4.69) is 37.3 Å². The van der Waals surface area contributed by atoms with Crippen LogP contribution in [0.25, 0.3) is 0 Å². The molecule has 10 heavy (non-hydrogen) atoms. The molecule has 4 heteroatoms. The minimum Gasteiger partial charge on any atom is -0.270 e. The number of nitrogens with two attached hydrogens (primary N) is 1. The van der Waals surface area contributed by atoms with Crippen LogP contribution in [0.4, 0.5) is 0 Å². The summed E-state index contributed by atoms with van der Waals surface area (Å²) < 4.78 is -0.332. The van der Waals surface area contributed by atoms with Crippen molar-refractivity contribution in [2.45, 2.75) is 9.28 Å². The number of halogens is 2. The second-order valence-corrected chi connectivity index (χ2v) is 4.36. The predicted molar refractivity (Wildman–Crippen MR) is 50.0 cm³/mol. The maximum Gasteiger partial charge on any atom is 0.121 e. The van der Waals surface area contributed by atoms with Gasteiger partial charge in [0.15, 0.2) is 0 Å². The fourth-order valence-corrected chi connectivity index (χ4v) is 1.48. The van der Waals surface area contributed by atoms with E-state index in [9.17, 15) is 0 Å². The van der Waals surface area contributed by atoms with Crippen molar-refractivity contribution in [2.75, 3.05) is 0 Å². The van der Waals surface area contributed by atoms with Crippen LogP contribution in [0, 0.1) is 0 Å². The van der Waals surface area contributed by atoms with Crippen molar-refractivity contribution in [3.05, 3.63) is 24.3 Å². The summed E-state index contributed by atoms with van der Waals surface area (Å²) in [4.78, 5) is 0.190. The molecule has 3 N–H and O–H groups in total. The van der Waals surface area contributed by atoms with Crippen LogP contribution >= 0.6 is 31.9 Å². The molecule has 0 bridgehead atoms. The van der Waals surface area contributed by atoms with E-state index >= 15 is 0 Å². The minimum atomic E-state index is -0.332. The molecule has 1 rings (SSSR count). The molecule has 0 aromatic rings. The lowest BCUT2D eigenvalue weighted by Gasteiger charge is -2.28. The van der Waals surface area contributed by atoms with E-state index in [0.717, 1.165) is 0 Å².